The van der Waals surface area contributed by atoms with Crippen LogP contribution in [0, 0.1) is 0 Å². The van der Waals surface area contributed by atoms with Gasteiger partial charge in [0.25, 0.3) is 5.91 Å². The zero-order valence-corrected chi connectivity index (χ0v) is 14.6. The highest BCUT2D eigenvalue weighted by molar-refractivity contribution is 9.10. The Labute approximate surface area is 138 Å². The van der Waals surface area contributed by atoms with Crippen LogP contribution < -0.4 is 5.32 Å². The molecule has 0 aliphatic heterocycles. The van der Waals surface area contributed by atoms with E-state index in [0.717, 1.165) is 35.4 Å². The van der Waals surface area contributed by atoms with Crippen LogP contribution in [0.1, 0.15) is 29.1 Å². The zero-order valence-electron chi connectivity index (χ0n) is 12.2. The van der Waals surface area contributed by atoms with Gasteiger partial charge in [-0.3, -0.25) is 4.79 Å². The smallest absolute Gasteiger partial charge is 0.253 e. The maximum atomic E-state index is 12.3. The first kappa shape index (κ1) is 16.0. The monoisotopic (exact) mass is 366 g/mol. The molecule has 0 aliphatic carbocycles. The van der Waals surface area contributed by atoms with Crippen LogP contribution in [-0.2, 0) is 6.54 Å². The van der Waals surface area contributed by atoms with E-state index in [2.05, 4.69) is 32.7 Å². The molecule has 1 N–H and O–H groups in total. The van der Waals surface area contributed by atoms with Gasteiger partial charge in [-0.25, -0.2) is 0 Å². The van der Waals surface area contributed by atoms with Gasteiger partial charge >= 0.3 is 0 Å². The van der Waals surface area contributed by atoms with Crippen LogP contribution in [0.2, 0.25) is 0 Å². The first-order valence-corrected chi connectivity index (χ1v) is 8.67. The predicted molar refractivity (Wildman–Crippen MR) is 93.0 cm³/mol. The lowest BCUT2D eigenvalue weighted by molar-refractivity contribution is 0.0773. The third kappa shape index (κ3) is 4.32. The van der Waals surface area contributed by atoms with Gasteiger partial charge in [0.05, 0.1) is 0 Å². The number of amides is 1. The molecule has 1 amide bonds. The van der Waals surface area contributed by atoms with Gasteiger partial charge in [0.15, 0.2) is 0 Å². The summed E-state index contributed by atoms with van der Waals surface area (Å²) in [5, 5.41) is 5.43. The lowest BCUT2D eigenvalue weighted by atomic mass is 10.1. The lowest BCUT2D eigenvalue weighted by Crippen LogP contribution is -2.30. The number of benzene rings is 1. The van der Waals surface area contributed by atoms with Crippen molar-refractivity contribution in [1.82, 2.24) is 4.90 Å². The lowest BCUT2D eigenvalue weighted by Gasteiger charge is -2.19. The highest BCUT2D eigenvalue weighted by Crippen LogP contribution is 2.21. The number of rotatable bonds is 6. The fourth-order valence-electron chi connectivity index (χ4n) is 2.09. The maximum Gasteiger partial charge on any atom is 0.253 e. The fraction of sp³-hybridized carbons (Fsp3) is 0.312. The van der Waals surface area contributed by atoms with Gasteiger partial charge in [-0.2, -0.15) is 0 Å². The summed E-state index contributed by atoms with van der Waals surface area (Å²) in [6.45, 7) is 6.22. The number of hydrogen-bond donors (Lipinski definition) is 1. The number of nitrogens with zero attached hydrogens (tertiary/aromatic N) is 1. The van der Waals surface area contributed by atoms with E-state index in [-0.39, 0.29) is 5.91 Å². The predicted octanol–water partition coefficient (Wildman–Crippen LogP) is 4.60. The molecular weight excluding hydrogens is 348 g/mol. The molecule has 21 heavy (non-hydrogen) atoms. The molecule has 0 unspecified atom stereocenters. The van der Waals surface area contributed by atoms with Crippen LogP contribution in [0.5, 0.6) is 0 Å². The van der Waals surface area contributed by atoms with Gasteiger partial charge in [0.1, 0.15) is 0 Å². The van der Waals surface area contributed by atoms with E-state index in [0.29, 0.717) is 0 Å². The van der Waals surface area contributed by atoms with E-state index < -0.39 is 0 Å². The van der Waals surface area contributed by atoms with E-state index in [1.54, 1.807) is 11.3 Å². The van der Waals surface area contributed by atoms with E-state index in [1.165, 1.54) is 4.88 Å². The molecule has 112 valence electrons. The van der Waals surface area contributed by atoms with E-state index in [4.69, 9.17) is 0 Å². The number of halogens is 1. The molecule has 0 saturated heterocycles. The molecule has 0 radical (unpaired) electrons. The Kier molecular flexibility index (Phi) is 5.82. The third-order valence-electron chi connectivity index (χ3n) is 3.25. The Bertz CT molecular complexity index is 608. The average Bonchev–Trinajstić information content (AvgIpc) is 2.92. The molecule has 2 rings (SSSR count). The molecule has 0 saturated carbocycles. The second-order valence-corrected chi connectivity index (χ2v) is 6.55. The van der Waals surface area contributed by atoms with Crippen molar-refractivity contribution in [1.29, 1.82) is 0 Å². The van der Waals surface area contributed by atoms with Crippen LogP contribution >= 0.6 is 27.3 Å². The van der Waals surface area contributed by atoms with Crippen molar-refractivity contribution >= 4 is 38.9 Å². The molecular formula is C16H19BrN2OS. The number of carbonyl (C=O) groups is 1. The molecule has 5 heteroatoms. The molecule has 1 aromatic carbocycles. The topological polar surface area (TPSA) is 32.3 Å². The van der Waals surface area contributed by atoms with Crippen molar-refractivity contribution < 1.29 is 4.79 Å². The molecule has 1 aromatic heterocycles. The Morgan fingerprint density at radius 1 is 1.29 bits per heavy atom. The summed E-state index contributed by atoms with van der Waals surface area (Å²) in [4.78, 5) is 15.4. The van der Waals surface area contributed by atoms with Gasteiger partial charge in [0, 0.05) is 45.6 Å². The summed E-state index contributed by atoms with van der Waals surface area (Å²) >= 11 is 5.16. The Morgan fingerprint density at radius 2 is 2.05 bits per heavy atom. The summed E-state index contributed by atoms with van der Waals surface area (Å²) in [6.07, 6.45) is 0. The molecule has 1 heterocycles. The fourth-order valence-corrected chi connectivity index (χ4v) is 3.48. The van der Waals surface area contributed by atoms with Crippen LogP contribution in [0.4, 0.5) is 5.69 Å². The van der Waals surface area contributed by atoms with Crippen LogP contribution in [0.3, 0.4) is 0 Å². The standard InChI is InChI=1S/C16H19BrN2OS/c1-3-19(4-2)16(20)12-6-5-7-14(8-12)18-10-15-9-13(17)11-21-15/h5-9,11,18H,3-4,10H2,1-2H3. The Hall–Kier alpha value is -1.33. The molecule has 0 spiro atoms. The minimum Gasteiger partial charge on any atom is -0.380 e. The van der Waals surface area contributed by atoms with E-state index in [9.17, 15) is 4.79 Å². The number of hydrogen-bond acceptors (Lipinski definition) is 3. The van der Waals surface area contributed by atoms with Crippen LogP contribution in [-0.4, -0.2) is 23.9 Å². The third-order valence-corrected chi connectivity index (χ3v) is 4.95. The summed E-state index contributed by atoms with van der Waals surface area (Å²) in [7, 11) is 0. The minimum atomic E-state index is 0.0857. The van der Waals surface area contributed by atoms with E-state index >= 15 is 0 Å². The Morgan fingerprint density at radius 3 is 2.67 bits per heavy atom. The van der Waals surface area contributed by atoms with Crippen molar-refractivity contribution in [2.24, 2.45) is 0 Å². The summed E-state index contributed by atoms with van der Waals surface area (Å²) < 4.78 is 1.11. The molecule has 0 aliphatic rings. The Balaban J connectivity index is 2.05. The van der Waals surface area contributed by atoms with Crippen LogP contribution in [0.15, 0.2) is 40.2 Å². The summed E-state index contributed by atoms with van der Waals surface area (Å²) in [5.41, 5.74) is 1.70. The minimum absolute atomic E-state index is 0.0857. The molecule has 3 nitrogen and oxygen atoms in total. The second kappa shape index (κ2) is 7.61. The molecule has 0 fully saturated rings. The van der Waals surface area contributed by atoms with Crippen molar-refractivity contribution in [2.75, 3.05) is 18.4 Å². The highest BCUT2D eigenvalue weighted by atomic mass is 79.9. The first-order valence-electron chi connectivity index (χ1n) is 7.00. The normalized spacial score (nSPS) is 10.4. The molecule has 2 aromatic rings. The van der Waals surface area contributed by atoms with Gasteiger partial charge < -0.3 is 10.2 Å². The maximum absolute atomic E-state index is 12.3. The van der Waals surface area contributed by atoms with E-state index in [1.807, 2.05) is 43.0 Å². The van der Waals surface area contributed by atoms with Crippen molar-refractivity contribution in [3.63, 3.8) is 0 Å². The molecule has 0 bridgehead atoms. The summed E-state index contributed by atoms with van der Waals surface area (Å²) in [5.74, 6) is 0.0857. The molecule has 0 atom stereocenters. The van der Waals surface area contributed by atoms with Gasteiger partial charge in [-0.15, -0.1) is 11.3 Å². The van der Waals surface area contributed by atoms with Crippen molar-refractivity contribution in [2.45, 2.75) is 20.4 Å². The zero-order chi connectivity index (χ0) is 15.2. The highest BCUT2D eigenvalue weighted by Gasteiger charge is 2.12. The summed E-state index contributed by atoms with van der Waals surface area (Å²) in [6, 6.07) is 9.80. The quantitative estimate of drug-likeness (QED) is 0.809. The van der Waals surface area contributed by atoms with Crippen molar-refractivity contribution in [3.05, 3.63) is 50.6 Å². The largest absolute Gasteiger partial charge is 0.380 e. The van der Waals surface area contributed by atoms with Gasteiger partial charge in [-0.05, 0) is 54.0 Å². The average molecular weight is 367 g/mol. The number of nitrogens with one attached hydrogen (secondary N) is 1. The van der Waals surface area contributed by atoms with Crippen LogP contribution in [0.25, 0.3) is 0 Å². The number of anilines is 1. The SMILES string of the molecule is CCN(CC)C(=O)c1cccc(NCc2cc(Br)cs2)c1. The number of thiophene rings is 1. The van der Waals surface area contributed by atoms with Gasteiger partial charge in [0.2, 0.25) is 0 Å². The second-order valence-electron chi connectivity index (χ2n) is 4.64. The van der Waals surface area contributed by atoms with Crippen molar-refractivity contribution in [3.8, 4) is 0 Å². The van der Waals surface area contributed by atoms with Gasteiger partial charge in [-0.1, -0.05) is 6.07 Å². The number of carbonyl (C=O) groups excluding carboxylic acids is 1. The first-order chi connectivity index (χ1) is 10.1.